The third kappa shape index (κ3) is 4.53. The number of hydrogen-bond acceptors (Lipinski definition) is 6. The molecule has 0 spiro atoms. The summed E-state index contributed by atoms with van der Waals surface area (Å²) in [7, 11) is 0. The molecule has 0 aliphatic heterocycles. The van der Waals surface area contributed by atoms with Gasteiger partial charge in [-0.05, 0) is 29.8 Å². The van der Waals surface area contributed by atoms with Crippen LogP contribution in [0.15, 0.2) is 65.1 Å². The van der Waals surface area contributed by atoms with E-state index in [-0.39, 0.29) is 12.4 Å². The van der Waals surface area contributed by atoms with Crippen LogP contribution in [0.3, 0.4) is 0 Å². The summed E-state index contributed by atoms with van der Waals surface area (Å²) in [6.45, 7) is 0.201. The first-order valence-electron chi connectivity index (χ1n) is 8.29. The van der Waals surface area contributed by atoms with Crippen LogP contribution < -0.4 is 10.1 Å². The summed E-state index contributed by atoms with van der Waals surface area (Å²) in [6, 6.07) is 18.7. The number of carbonyl (C=O) groups excluding carboxylic acids is 1. The predicted octanol–water partition coefficient (Wildman–Crippen LogP) is 4.09. The van der Waals surface area contributed by atoms with Crippen LogP contribution in [0.1, 0.15) is 21.7 Å². The highest BCUT2D eigenvalue weighted by Gasteiger charge is 2.18. The number of nitrogens with one attached hydrogen (secondary N) is 1. The first-order valence-corrected chi connectivity index (χ1v) is 8.29. The molecule has 140 valence electrons. The van der Waals surface area contributed by atoms with Gasteiger partial charge in [-0.15, -0.1) is 0 Å². The molecular weight excluding hydrogens is 362 g/mol. The Morgan fingerprint density at radius 1 is 1.14 bits per heavy atom. The Hall–Kier alpha value is -4.12. The van der Waals surface area contributed by atoms with Gasteiger partial charge in [-0.25, -0.2) is 0 Å². The number of amides is 1. The van der Waals surface area contributed by atoms with Gasteiger partial charge in [0.15, 0.2) is 5.76 Å². The lowest BCUT2D eigenvalue weighted by atomic mass is 10.1. The summed E-state index contributed by atoms with van der Waals surface area (Å²) in [5.74, 6) is -0.622. The molecule has 0 atom stereocenters. The predicted molar refractivity (Wildman–Crippen MR) is 99.8 cm³/mol. The van der Waals surface area contributed by atoms with Crippen molar-refractivity contribution >= 4 is 17.5 Å². The van der Waals surface area contributed by atoms with Gasteiger partial charge in [0, 0.05) is 11.3 Å². The fourth-order valence-corrected chi connectivity index (χ4v) is 2.46. The molecular formula is C20H15N3O5. The molecule has 0 saturated carbocycles. The van der Waals surface area contributed by atoms with Crippen molar-refractivity contribution in [2.75, 3.05) is 5.32 Å². The van der Waals surface area contributed by atoms with E-state index in [4.69, 9.17) is 14.4 Å². The Morgan fingerprint density at radius 3 is 2.57 bits per heavy atom. The average Bonchev–Trinajstić information content (AvgIpc) is 3.19. The first-order chi connectivity index (χ1) is 13.6. The number of rotatable bonds is 7. The van der Waals surface area contributed by atoms with Crippen LogP contribution in [-0.4, -0.2) is 10.8 Å². The molecule has 0 radical (unpaired) electrons. The van der Waals surface area contributed by atoms with Gasteiger partial charge in [0.2, 0.25) is 0 Å². The minimum absolute atomic E-state index is 0.157. The van der Waals surface area contributed by atoms with Gasteiger partial charge >= 0.3 is 5.88 Å². The van der Waals surface area contributed by atoms with E-state index in [1.54, 1.807) is 30.3 Å². The Labute approximate surface area is 160 Å². The van der Waals surface area contributed by atoms with Gasteiger partial charge in [0.05, 0.1) is 18.6 Å². The van der Waals surface area contributed by atoms with Crippen molar-refractivity contribution in [1.82, 2.24) is 0 Å². The highest BCUT2D eigenvalue weighted by Crippen LogP contribution is 2.21. The molecule has 1 N–H and O–H groups in total. The van der Waals surface area contributed by atoms with Gasteiger partial charge < -0.3 is 14.5 Å². The second-order valence-electron chi connectivity index (χ2n) is 5.77. The number of anilines is 1. The molecule has 0 fully saturated rings. The quantitative estimate of drug-likeness (QED) is 0.489. The monoisotopic (exact) mass is 377 g/mol. The third-order valence-electron chi connectivity index (χ3n) is 3.86. The number of nitrogens with zero attached hydrogens (tertiary/aromatic N) is 2. The van der Waals surface area contributed by atoms with E-state index in [0.717, 1.165) is 17.2 Å². The molecule has 8 nitrogen and oxygen atoms in total. The van der Waals surface area contributed by atoms with Crippen molar-refractivity contribution in [3.05, 3.63) is 87.7 Å². The molecule has 0 aliphatic rings. The van der Waals surface area contributed by atoms with Gasteiger partial charge in [0.25, 0.3) is 5.91 Å². The van der Waals surface area contributed by atoms with Crippen molar-refractivity contribution in [2.45, 2.75) is 13.0 Å². The lowest BCUT2D eigenvalue weighted by Crippen LogP contribution is -2.13. The van der Waals surface area contributed by atoms with E-state index in [0.29, 0.717) is 17.9 Å². The topological polar surface area (TPSA) is 118 Å². The van der Waals surface area contributed by atoms with E-state index in [1.165, 1.54) is 6.07 Å². The fourth-order valence-electron chi connectivity index (χ4n) is 2.46. The fraction of sp³-hybridized carbons (Fsp3) is 0.100. The van der Waals surface area contributed by atoms with E-state index >= 15 is 0 Å². The summed E-state index contributed by atoms with van der Waals surface area (Å²) in [5, 5.41) is 22.0. The first kappa shape index (κ1) is 18.7. The number of furan rings is 1. The average molecular weight is 377 g/mol. The Balaban J connectivity index is 1.67. The zero-order valence-corrected chi connectivity index (χ0v) is 14.6. The van der Waals surface area contributed by atoms with Gasteiger partial charge in [0.1, 0.15) is 17.3 Å². The molecule has 3 aromatic rings. The zero-order valence-electron chi connectivity index (χ0n) is 14.6. The molecule has 0 saturated heterocycles. The van der Waals surface area contributed by atoms with E-state index < -0.39 is 16.7 Å². The summed E-state index contributed by atoms with van der Waals surface area (Å²) < 4.78 is 10.7. The van der Waals surface area contributed by atoms with Crippen molar-refractivity contribution in [1.29, 1.82) is 5.26 Å². The van der Waals surface area contributed by atoms with Crippen LogP contribution >= 0.6 is 0 Å². The maximum Gasteiger partial charge on any atom is 0.433 e. The maximum atomic E-state index is 12.3. The smallest absolute Gasteiger partial charge is 0.433 e. The molecule has 1 amide bonds. The van der Waals surface area contributed by atoms with E-state index in [2.05, 4.69) is 11.4 Å². The molecule has 0 aliphatic carbocycles. The van der Waals surface area contributed by atoms with Crippen LogP contribution in [0.4, 0.5) is 11.6 Å². The molecule has 1 heterocycles. The van der Waals surface area contributed by atoms with Crippen molar-refractivity contribution in [3.63, 3.8) is 0 Å². The second-order valence-corrected chi connectivity index (χ2v) is 5.77. The second kappa shape index (κ2) is 8.51. The van der Waals surface area contributed by atoms with Gasteiger partial charge in [-0.2, -0.15) is 5.26 Å². The Morgan fingerprint density at radius 2 is 1.89 bits per heavy atom. The molecule has 0 bridgehead atoms. The van der Waals surface area contributed by atoms with Crippen LogP contribution in [0.25, 0.3) is 0 Å². The normalized spacial score (nSPS) is 10.1. The number of nitro groups is 1. The van der Waals surface area contributed by atoms with Crippen LogP contribution in [0.5, 0.6) is 5.75 Å². The minimum Gasteiger partial charge on any atom is -0.489 e. The number of benzene rings is 2. The van der Waals surface area contributed by atoms with Crippen molar-refractivity contribution in [3.8, 4) is 11.8 Å². The molecule has 28 heavy (non-hydrogen) atoms. The number of nitriles is 1. The highest BCUT2D eigenvalue weighted by atomic mass is 16.6. The largest absolute Gasteiger partial charge is 0.489 e. The van der Waals surface area contributed by atoms with Crippen molar-refractivity contribution < 1.29 is 18.9 Å². The molecule has 8 heteroatoms. The number of para-hydroxylation sites is 1. The lowest BCUT2D eigenvalue weighted by molar-refractivity contribution is -0.402. The van der Waals surface area contributed by atoms with Crippen LogP contribution in [0.2, 0.25) is 0 Å². The Kier molecular flexibility index (Phi) is 5.67. The molecule has 1 aromatic heterocycles. The minimum atomic E-state index is -0.708. The zero-order chi connectivity index (χ0) is 19.9. The van der Waals surface area contributed by atoms with Gasteiger partial charge in [-0.1, -0.05) is 30.3 Å². The SMILES string of the molecule is N#CCc1ccc(OCc2ccccc2NC(=O)c2ccc([N+](=O)[O-])o2)cc1. The number of hydrogen-bond donors (Lipinski definition) is 1. The number of ether oxygens (including phenoxy) is 1. The van der Waals surface area contributed by atoms with E-state index in [1.807, 2.05) is 18.2 Å². The Bertz CT molecular complexity index is 1030. The van der Waals surface area contributed by atoms with Crippen LogP contribution in [-0.2, 0) is 13.0 Å². The van der Waals surface area contributed by atoms with E-state index in [9.17, 15) is 14.9 Å². The maximum absolute atomic E-state index is 12.3. The van der Waals surface area contributed by atoms with Crippen LogP contribution in [0, 0.1) is 21.4 Å². The molecule has 2 aromatic carbocycles. The number of carbonyl (C=O) groups is 1. The highest BCUT2D eigenvalue weighted by molar-refractivity contribution is 6.02. The summed E-state index contributed by atoms with van der Waals surface area (Å²) >= 11 is 0. The molecule has 0 unspecified atom stereocenters. The van der Waals surface area contributed by atoms with Crippen molar-refractivity contribution in [2.24, 2.45) is 0 Å². The molecule has 3 rings (SSSR count). The summed E-state index contributed by atoms with van der Waals surface area (Å²) in [4.78, 5) is 22.2. The standard InChI is InChI=1S/C20H15N3O5/c21-12-11-14-5-7-16(8-6-14)27-13-15-3-1-2-4-17(15)22-20(24)18-9-10-19(28-18)23(25)26/h1-10H,11,13H2,(H,22,24). The third-order valence-corrected chi connectivity index (χ3v) is 3.86. The lowest BCUT2D eigenvalue weighted by Gasteiger charge is -2.12. The summed E-state index contributed by atoms with van der Waals surface area (Å²) in [6.07, 6.45) is 0.333. The van der Waals surface area contributed by atoms with Gasteiger partial charge in [-0.3, -0.25) is 14.9 Å². The summed E-state index contributed by atoms with van der Waals surface area (Å²) in [5.41, 5.74) is 2.13.